The van der Waals surface area contributed by atoms with E-state index in [2.05, 4.69) is 24.0 Å². The van der Waals surface area contributed by atoms with Crippen molar-refractivity contribution >= 4 is 5.97 Å². The van der Waals surface area contributed by atoms with Crippen LogP contribution in [0.4, 0.5) is 0 Å². The van der Waals surface area contributed by atoms with Gasteiger partial charge in [-0.2, -0.15) is 0 Å². The molecular formula is C15H21NO3. The van der Waals surface area contributed by atoms with Crippen LogP contribution >= 0.6 is 0 Å². The molecule has 1 aromatic carbocycles. The van der Waals surface area contributed by atoms with Crippen LogP contribution in [-0.4, -0.2) is 43.3 Å². The standard InChI is InChI=1S/C15H21NO3/c1-15(12-19-15)11-16(9-8-14(17)18-2)10-13-6-4-3-5-7-13/h3-7H,8-12H2,1-2H3. The highest BCUT2D eigenvalue weighted by Gasteiger charge is 2.40. The second-order valence-corrected chi connectivity index (χ2v) is 5.26. The van der Waals surface area contributed by atoms with E-state index in [1.54, 1.807) is 0 Å². The number of benzene rings is 1. The van der Waals surface area contributed by atoms with Crippen molar-refractivity contribution in [1.82, 2.24) is 4.90 Å². The molecule has 0 bridgehead atoms. The summed E-state index contributed by atoms with van der Waals surface area (Å²) in [7, 11) is 1.43. The smallest absolute Gasteiger partial charge is 0.306 e. The van der Waals surface area contributed by atoms with Crippen molar-refractivity contribution in [3.63, 3.8) is 0 Å². The Kier molecular flexibility index (Phi) is 4.56. The molecule has 2 rings (SSSR count). The monoisotopic (exact) mass is 263 g/mol. The van der Waals surface area contributed by atoms with Gasteiger partial charge >= 0.3 is 5.97 Å². The summed E-state index contributed by atoms with van der Waals surface area (Å²) in [6.45, 7) is 5.27. The summed E-state index contributed by atoms with van der Waals surface area (Å²) in [5.74, 6) is -0.167. The normalized spacial score (nSPS) is 21.4. The summed E-state index contributed by atoms with van der Waals surface area (Å²) >= 11 is 0. The number of nitrogens with zero attached hydrogens (tertiary/aromatic N) is 1. The SMILES string of the molecule is COC(=O)CCN(Cc1ccccc1)CC1(C)CO1. The highest BCUT2D eigenvalue weighted by molar-refractivity contribution is 5.69. The molecule has 1 heterocycles. The Balaban J connectivity index is 1.91. The van der Waals surface area contributed by atoms with E-state index in [0.29, 0.717) is 13.0 Å². The van der Waals surface area contributed by atoms with E-state index < -0.39 is 0 Å². The fourth-order valence-electron chi connectivity index (χ4n) is 2.09. The zero-order valence-electron chi connectivity index (χ0n) is 11.6. The lowest BCUT2D eigenvalue weighted by Crippen LogP contribution is -2.34. The van der Waals surface area contributed by atoms with Crippen LogP contribution in [0.1, 0.15) is 18.9 Å². The van der Waals surface area contributed by atoms with E-state index in [1.165, 1.54) is 12.7 Å². The number of carbonyl (C=O) groups excluding carboxylic acids is 1. The Morgan fingerprint density at radius 3 is 2.68 bits per heavy atom. The Morgan fingerprint density at radius 2 is 2.11 bits per heavy atom. The minimum atomic E-state index is -0.167. The summed E-state index contributed by atoms with van der Waals surface area (Å²) in [5, 5.41) is 0. The number of carbonyl (C=O) groups is 1. The van der Waals surface area contributed by atoms with Crippen LogP contribution < -0.4 is 0 Å². The topological polar surface area (TPSA) is 42.1 Å². The molecule has 104 valence electrons. The summed E-state index contributed by atoms with van der Waals surface area (Å²) in [5.41, 5.74) is 1.21. The molecule has 4 nitrogen and oxygen atoms in total. The molecule has 0 amide bonds. The van der Waals surface area contributed by atoms with Gasteiger partial charge in [0, 0.05) is 19.6 Å². The number of esters is 1. The molecular weight excluding hydrogens is 242 g/mol. The molecule has 0 spiro atoms. The lowest BCUT2D eigenvalue weighted by Gasteiger charge is -2.23. The van der Waals surface area contributed by atoms with Gasteiger partial charge in [0.25, 0.3) is 0 Å². The average Bonchev–Trinajstić information content (AvgIpc) is 3.14. The van der Waals surface area contributed by atoms with Gasteiger partial charge in [-0.05, 0) is 12.5 Å². The lowest BCUT2D eigenvalue weighted by molar-refractivity contribution is -0.141. The molecule has 1 aliphatic heterocycles. The summed E-state index contributed by atoms with van der Waals surface area (Å²) in [6, 6.07) is 10.3. The summed E-state index contributed by atoms with van der Waals surface area (Å²) in [6.07, 6.45) is 0.416. The summed E-state index contributed by atoms with van der Waals surface area (Å²) < 4.78 is 10.1. The summed E-state index contributed by atoms with van der Waals surface area (Å²) in [4.78, 5) is 13.5. The number of hydrogen-bond acceptors (Lipinski definition) is 4. The highest BCUT2D eigenvalue weighted by Crippen LogP contribution is 2.27. The van der Waals surface area contributed by atoms with Crippen molar-refractivity contribution in [2.24, 2.45) is 0 Å². The molecule has 0 radical (unpaired) electrons. The number of epoxide rings is 1. The van der Waals surface area contributed by atoms with Gasteiger partial charge in [0.05, 0.1) is 20.1 Å². The average molecular weight is 263 g/mol. The van der Waals surface area contributed by atoms with Crippen LogP contribution in [0.3, 0.4) is 0 Å². The second kappa shape index (κ2) is 6.17. The molecule has 1 aliphatic rings. The maximum atomic E-state index is 11.3. The van der Waals surface area contributed by atoms with E-state index >= 15 is 0 Å². The van der Waals surface area contributed by atoms with Crippen LogP contribution in [0.15, 0.2) is 30.3 Å². The van der Waals surface area contributed by atoms with Gasteiger partial charge in [0.1, 0.15) is 5.60 Å². The van der Waals surface area contributed by atoms with E-state index in [0.717, 1.165) is 19.7 Å². The largest absolute Gasteiger partial charge is 0.469 e. The van der Waals surface area contributed by atoms with Gasteiger partial charge in [0.2, 0.25) is 0 Å². The minimum Gasteiger partial charge on any atom is -0.469 e. The van der Waals surface area contributed by atoms with Gasteiger partial charge in [-0.3, -0.25) is 9.69 Å². The number of rotatable bonds is 7. The maximum Gasteiger partial charge on any atom is 0.306 e. The van der Waals surface area contributed by atoms with Crippen molar-refractivity contribution in [2.45, 2.75) is 25.5 Å². The van der Waals surface area contributed by atoms with Crippen LogP contribution in [0, 0.1) is 0 Å². The maximum absolute atomic E-state index is 11.3. The quantitative estimate of drug-likeness (QED) is 0.556. The van der Waals surface area contributed by atoms with E-state index in [4.69, 9.17) is 9.47 Å². The van der Waals surface area contributed by atoms with Gasteiger partial charge < -0.3 is 9.47 Å². The molecule has 19 heavy (non-hydrogen) atoms. The van der Waals surface area contributed by atoms with E-state index in [9.17, 15) is 4.79 Å². The lowest BCUT2D eigenvalue weighted by atomic mass is 10.1. The van der Waals surface area contributed by atoms with Crippen LogP contribution in [0.5, 0.6) is 0 Å². The first kappa shape index (κ1) is 14.0. The fraction of sp³-hybridized carbons (Fsp3) is 0.533. The third-order valence-electron chi connectivity index (χ3n) is 3.30. The van der Waals surface area contributed by atoms with Crippen molar-refractivity contribution in [3.05, 3.63) is 35.9 Å². The van der Waals surface area contributed by atoms with Crippen LogP contribution in [0.25, 0.3) is 0 Å². The Bertz CT molecular complexity index is 415. The third kappa shape index (κ3) is 4.65. The van der Waals surface area contributed by atoms with Crippen molar-refractivity contribution in [2.75, 3.05) is 26.8 Å². The molecule has 0 aliphatic carbocycles. The van der Waals surface area contributed by atoms with Crippen LogP contribution in [-0.2, 0) is 20.8 Å². The molecule has 0 aromatic heterocycles. The molecule has 1 unspecified atom stereocenters. The Morgan fingerprint density at radius 1 is 1.42 bits per heavy atom. The molecule has 1 saturated heterocycles. The molecule has 0 saturated carbocycles. The Labute approximate surface area is 114 Å². The second-order valence-electron chi connectivity index (χ2n) is 5.26. The number of methoxy groups -OCH3 is 1. The van der Waals surface area contributed by atoms with Crippen LogP contribution in [0.2, 0.25) is 0 Å². The molecule has 0 N–H and O–H groups in total. The van der Waals surface area contributed by atoms with Gasteiger partial charge in [-0.15, -0.1) is 0 Å². The first-order valence-corrected chi connectivity index (χ1v) is 6.58. The first-order valence-electron chi connectivity index (χ1n) is 6.58. The predicted octanol–water partition coefficient (Wildman–Crippen LogP) is 1.84. The molecule has 1 fully saturated rings. The third-order valence-corrected chi connectivity index (χ3v) is 3.30. The highest BCUT2D eigenvalue weighted by atomic mass is 16.6. The fourth-order valence-corrected chi connectivity index (χ4v) is 2.09. The predicted molar refractivity (Wildman–Crippen MR) is 72.7 cm³/mol. The first-order chi connectivity index (χ1) is 9.11. The number of hydrogen-bond donors (Lipinski definition) is 0. The van der Waals surface area contributed by atoms with Gasteiger partial charge in [-0.25, -0.2) is 0 Å². The van der Waals surface area contributed by atoms with Crippen molar-refractivity contribution in [1.29, 1.82) is 0 Å². The van der Waals surface area contributed by atoms with Gasteiger partial charge in [0.15, 0.2) is 0 Å². The molecule has 4 heteroatoms. The van der Waals surface area contributed by atoms with Gasteiger partial charge in [-0.1, -0.05) is 30.3 Å². The minimum absolute atomic E-state index is 0.0368. The van der Waals surface area contributed by atoms with E-state index in [1.807, 2.05) is 18.2 Å². The number of ether oxygens (including phenoxy) is 2. The van der Waals surface area contributed by atoms with E-state index in [-0.39, 0.29) is 11.6 Å². The van der Waals surface area contributed by atoms with Crippen molar-refractivity contribution in [3.8, 4) is 0 Å². The molecule has 1 atom stereocenters. The zero-order valence-corrected chi connectivity index (χ0v) is 11.6. The molecule has 1 aromatic rings. The Hall–Kier alpha value is -1.39. The van der Waals surface area contributed by atoms with Crippen molar-refractivity contribution < 1.29 is 14.3 Å². The zero-order chi connectivity index (χ0) is 13.7.